The van der Waals surface area contributed by atoms with Gasteiger partial charge >= 0.3 is 0 Å². The summed E-state index contributed by atoms with van der Waals surface area (Å²) in [6.45, 7) is 4.39. The zero-order valence-electron chi connectivity index (χ0n) is 17.2. The van der Waals surface area contributed by atoms with Crippen molar-refractivity contribution >= 4 is 5.91 Å². The number of amides is 1. The van der Waals surface area contributed by atoms with Crippen molar-refractivity contribution in [3.05, 3.63) is 77.9 Å². The fourth-order valence-electron chi connectivity index (χ4n) is 3.37. The summed E-state index contributed by atoms with van der Waals surface area (Å²) in [5.41, 5.74) is 7.37. The van der Waals surface area contributed by atoms with Gasteiger partial charge in [0.25, 0.3) is 5.91 Å². The number of rotatable bonds is 7. The Labute approximate surface area is 176 Å². The molecule has 1 aliphatic carbocycles. The van der Waals surface area contributed by atoms with E-state index in [4.69, 9.17) is 15.2 Å². The molecular formula is C24H25N3O3. The molecule has 0 atom stereocenters. The van der Waals surface area contributed by atoms with Crippen LogP contribution in [-0.4, -0.2) is 22.0 Å². The normalized spacial score (nSPS) is 14.1. The van der Waals surface area contributed by atoms with Crippen molar-refractivity contribution in [2.45, 2.75) is 44.6 Å². The molecule has 0 radical (unpaired) electrons. The van der Waals surface area contributed by atoms with Crippen molar-refractivity contribution in [2.75, 3.05) is 0 Å². The Morgan fingerprint density at radius 2 is 1.43 bits per heavy atom. The van der Waals surface area contributed by atoms with Gasteiger partial charge in [-0.05, 0) is 54.7 Å². The number of nitrogens with two attached hydrogens (primary N) is 1. The van der Waals surface area contributed by atoms with Crippen LogP contribution in [0, 0.1) is 0 Å². The fraction of sp³-hybridized carbons (Fsp3) is 0.292. The second-order valence-electron chi connectivity index (χ2n) is 8.05. The number of aromatic nitrogens is 2. The average molecular weight is 403 g/mol. The molecule has 0 bridgehead atoms. The van der Waals surface area contributed by atoms with Crippen LogP contribution >= 0.6 is 0 Å². The molecule has 1 aromatic heterocycles. The minimum Gasteiger partial charge on any atom is -0.490 e. The van der Waals surface area contributed by atoms with Gasteiger partial charge < -0.3 is 15.2 Å². The largest absolute Gasteiger partial charge is 0.490 e. The summed E-state index contributed by atoms with van der Waals surface area (Å²) >= 11 is 0. The van der Waals surface area contributed by atoms with E-state index < -0.39 is 5.91 Å². The molecule has 1 fully saturated rings. The molecule has 0 aliphatic heterocycles. The molecule has 3 aromatic rings. The summed E-state index contributed by atoms with van der Waals surface area (Å²) in [6, 6.07) is 16.3. The Balaban J connectivity index is 1.44. The molecule has 6 nitrogen and oxygen atoms in total. The SMILES string of the molecule is CC(C)(c1ccc(Oc2cnc(C(N)=O)nc2)cc1)c1ccc(OC2CCC2)cc1. The molecule has 154 valence electrons. The van der Waals surface area contributed by atoms with Crippen LogP contribution in [0.5, 0.6) is 17.2 Å². The lowest BCUT2D eigenvalue weighted by Crippen LogP contribution is -2.24. The molecule has 30 heavy (non-hydrogen) atoms. The topological polar surface area (TPSA) is 87.3 Å². The zero-order valence-corrected chi connectivity index (χ0v) is 17.2. The van der Waals surface area contributed by atoms with E-state index in [1.165, 1.54) is 29.9 Å². The van der Waals surface area contributed by atoms with Crippen LogP contribution in [0.4, 0.5) is 0 Å². The van der Waals surface area contributed by atoms with Crippen molar-refractivity contribution in [3.63, 3.8) is 0 Å². The first-order valence-electron chi connectivity index (χ1n) is 10.1. The van der Waals surface area contributed by atoms with E-state index in [1.807, 2.05) is 24.3 Å². The van der Waals surface area contributed by atoms with Crippen molar-refractivity contribution in [1.82, 2.24) is 9.97 Å². The lowest BCUT2D eigenvalue weighted by Gasteiger charge is -2.28. The minimum atomic E-state index is -0.671. The van der Waals surface area contributed by atoms with Crippen LogP contribution < -0.4 is 15.2 Å². The molecule has 1 heterocycles. The summed E-state index contributed by atoms with van der Waals surface area (Å²) in [7, 11) is 0. The first kappa shape index (κ1) is 19.9. The van der Waals surface area contributed by atoms with Crippen LogP contribution in [0.15, 0.2) is 60.9 Å². The van der Waals surface area contributed by atoms with Crippen molar-refractivity contribution in [3.8, 4) is 17.2 Å². The number of nitrogens with zero attached hydrogens (tertiary/aromatic N) is 2. The zero-order chi connectivity index (χ0) is 21.1. The van der Waals surface area contributed by atoms with Crippen LogP contribution in [0.3, 0.4) is 0 Å². The van der Waals surface area contributed by atoms with E-state index in [0.29, 0.717) is 17.6 Å². The first-order chi connectivity index (χ1) is 14.4. The van der Waals surface area contributed by atoms with E-state index >= 15 is 0 Å². The molecule has 0 unspecified atom stereocenters. The maximum absolute atomic E-state index is 11.1. The number of hydrogen-bond acceptors (Lipinski definition) is 5. The van der Waals surface area contributed by atoms with Crippen LogP contribution in [-0.2, 0) is 5.41 Å². The fourth-order valence-corrected chi connectivity index (χ4v) is 3.37. The summed E-state index contributed by atoms with van der Waals surface area (Å²) < 4.78 is 11.7. The number of primary amides is 1. The maximum atomic E-state index is 11.1. The summed E-state index contributed by atoms with van der Waals surface area (Å²) in [5, 5.41) is 0. The van der Waals surface area contributed by atoms with Gasteiger partial charge in [-0.25, -0.2) is 9.97 Å². The summed E-state index contributed by atoms with van der Waals surface area (Å²) in [4.78, 5) is 18.8. The predicted octanol–water partition coefficient (Wildman–Crippen LogP) is 4.63. The second kappa shape index (κ2) is 8.14. The molecular weight excluding hydrogens is 378 g/mol. The van der Waals surface area contributed by atoms with Gasteiger partial charge in [0.05, 0.1) is 18.5 Å². The average Bonchev–Trinajstić information content (AvgIpc) is 2.72. The Bertz CT molecular complexity index is 1010. The highest BCUT2D eigenvalue weighted by Gasteiger charge is 2.24. The number of carbonyl (C=O) groups is 1. The van der Waals surface area contributed by atoms with Gasteiger partial charge in [0.2, 0.25) is 5.82 Å². The minimum absolute atomic E-state index is 0.0384. The molecule has 1 aliphatic rings. The third kappa shape index (κ3) is 4.27. The maximum Gasteiger partial charge on any atom is 0.286 e. The van der Waals surface area contributed by atoms with Gasteiger partial charge in [-0.2, -0.15) is 0 Å². The van der Waals surface area contributed by atoms with Gasteiger partial charge in [-0.3, -0.25) is 4.79 Å². The van der Waals surface area contributed by atoms with E-state index in [-0.39, 0.29) is 11.2 Å². The smallest absolute Gasteiger partial charge is 0.286 e. The molecule has 1 amide bonds. The van der Waals surface area contributed by atoms with Gasteiger partial charge in [0.15, 0.2) is 5.75 Å². The third-order valence-corrected chi connectivity index (χ3v) is 5.59. The lowest BCUT2D eigenvalue weighted by atomic mass is 9.78. The highest BCUT2D eigenvalue weighted by atomic mass is 16.5. The quantitative estimate of drug-likeness (QED) is 0.622. The molecule has 2 aromatic carbocycles. The van der Waals surface area contributed by atoms with Gasteiger partial charge in [-0.1, -0.05) is 38.1 Å². The Kier molecular flexibility index (Phi) is 5.40. The van der Waals surface area contributed by atoms with E-state index in [9.17, 15) is 4.79 Å². The third-order valence-electron chi connectivity index (χ3n) is 5.59. The molecule has 4 rings (SSSR count). The lowest BCUT2D eigenvalue weighted by molar-refractivity contribution is 0.0990. The molecule has 1 saturated carbocycles. The van der Waals surface area contributed by atoms with Crippen molar-refractivity contribution < 1.29 is 14.3 Å². The van der Waals surface area contributed by atoms with E-state index in [1.54, 1.807) is 0 Å². The van der Waals surface area contributed by atoms with Crippen molar-refractivity contribution in [2.24, 2.45) is 5.73 Å². The molecule has 0 spiro atoms. The van der Waals surface area contributed by atoms with E-state index in [2.05, 4.69) is 48.1 Å². The molecule has 0 saturated heterocycles. The Morgan fingerprint density at radius 3 is 1.90 bits per heavy atom. The highest BCUT2D eigenvalue weighted by Crippen LogP contribution is 2.34. The Hall–Kier alpha value is -3.41. The number of benzene rings is 2. The van der Waals surface area contributed by atoms with Gasteiger partial charge in [-0.15, -0.1) is 0 Å². The predicted molar refractivity (Wildman–Crippen MR) is 114 cm³/mol. The molecule has 2 N–H and O–H groups in total. The van der Waals surface area contributed by atoms with Crippen LogP contribution in [0.2, 0.25) is 0 Å². The molecule has 6 heteroatoms. The van der Waals surface area contributed by atoms with Crippen molar-refractivity contribution in [1.29, 1.82) is 0 Å². The summed E-state index contributed by atoms with van der Waals surface area (Å²) in [6.07, 6.45) is 6.82. The second-order valence-corrected chi connectivity index (χ2v) is 8.05. The first-order valence-corrected chi connectivity index (χ1v) is 10.1. The summed E-state index contributed by atoms with van der Waals surface area (Å²) in [5.74, 6) is 1.33. The highest BCUT2D eigenvalue weighted by molar-refractivity contribution is 5.88. The number of hydrogen-bond donors (Lipinski definition) is 1. The van der Waals surface area contributed by atoms with Crippen LogP contribution in [0.1, 0.15) is 54.9 Å². The van der Waals surface area contributed by atoms with E-state index in [0.717, 1.165) is 18.6 Å². The monoisotopic (exact) mass is 403 g/mol. The number of ether oxygens (including phenoxy) is 2. The standard InChI is InChI=1S/C24H25N3O3/c1-24(2,16-6-10-19(11-7-16)29-18-4-3-5-18)17-8-12-20(13-9-17)30-21-14-26-23(22(25)28)27-15-21/h6-15,18H,3-5H2,1-2H3,(H2,25,28). The van der Waals surface area contributed by atoms with Crippen LogP contribution in [0.25, 0.3) is 0 Å². The Morgan fingerprint density at radius 1 is 0.900 bits per heavy atom. The van der Waals surface area contributed by atoms with Gasteiger partial charge in [0, 0.05) is 5.41 Å². The number of carbonyl (C=O) groups excluding carboxylic acids is 1. The van der Waals surface area contributed by atoms with Gasteiger partial charge in [0.1, 0.15) is 11.5 Å².